The highest BCUT2D eigenvalue weighted by molar-refractivity contribution is 7.15. The smallest absolute Gasteiger partial charge is 0.321 e. The van der Waals surface area contributed by atoms with Crippen molar-refractivity contribution in [3.8, 4) is 0 Å². The molecule has 2 heterocycles. The number of carbonyl (C=O) groups excluding carboxylic acids is 2. The van der Waals surface area contributed by atoms with Crippen LogP contribution in [0.15, 0.2) is 41.1 Å². The van der Waals surface area contributed by atoms with Gasteiger partial charge in [0.2, 0.25) is 0 Å². The number of thiophene rings is 2. The Hall–Kier alpha value is -2.93. The second-order valence-electron chi connectivity index (χ2n) is 7.62. The zero-order chi connectivity index (χ0) is 26.9. The lowest BCUT2D eigenvalue weighted by Gasteiger charge is -2.31. The summed E-state index contributed by atoms with van der Waals surface area (Å²) < 4.78 is 94.3. The van der Waals surface area contributed by atoms with Gasteiger partial charge in [-0.05, 0) is 53.6 Å². The molecular weight excluding hydrogens is 533 g/mol. The molecule has 0 bridgehead atoms. The van der Waals surface area contributed by atoms with E-state index >= 15 is 0 Å². The number of alkyl halides is 7. The van der Waals surface area contributed by atoms with Gasteiger partial charge in [-0.2, -0.15) is 26.3 Å². The van der Waals surface area contributed by atoms with Gasteiger partial charge >= 0.3 is 18.0 Å². The molecule has 0 saturated heterocycles. The summed E-state index contributed by atoms with van der Waals surface area (Å²) in [6, 6.07) is 5.67. The number of benzene rings is 1. The van der Waals surface area contributed by atoms with Crippen LogP contribution in [0.4, 0.5) is 41.4 Å². The van der Waals surface area contributed by atoms with Crippen molar-refractivity contribution in [2.75, 3.05) is 10.6 Å². The van der Waals surface area contributed by atoms with Crippen molar-refractivity contribution in [1.82, 2.24) is 0 Å². The number of halogens is 7. The molecule has 0 unspecified atom stereocenters. The number of hydrogen-bond acceptors (Lipinski definition) is 4. The topological polar surface area (TPSA) is 58.2 Å². The lowest BCUT2D eigenvalue weighted by Crippen LogP contribution is -2.50. The Morgan fingerprint density at radius 2 is 1.42 bits per heavy atom. The molecule has 194 valence electrons. The fourth-order valence-electron chi connectivity index (χ4n) is 3.46. The monoisotopic (exact) mass is 552 g/mol. The summed E-state index contributed by atoms with van der Waals surface area (Å²) in [5.41, 5.74) is -7.22. The van der Waals surface area contributed by atoms with Gasteiger partial charge in [0.25, 0.3) is 11.8 Å². The normalized spacial score (nSPS) is 12.5. The number of anilines is 2. The predicted molar refractivity (Wildman–Crippen MR) is 125 cm³/mol. The van der Waals surface area contributed by atoms with E-state index in [4.69, 9.17) is 0 Å². The van der Waals surface area contributed by atoms with Crippen LogP contribution < -0.4 is 10.6 Å². The van der Waals surface area contributed by atoms with Gasteiger partial charge in [-0.1, -0.05) is 19.9 Å². The standard InChI is InChI=1S/C23H19F7N2O2S2/c1-3-12-8-15(21(24,22(25,26)27)23(28,29)30)9-13(4-2)18(12)32-19(33)14-10-17(36-11-14)31-20(34)16-6-5-7-35-16/h5-11H,3-4H2,1-2H3,(H,31,34)(H,32,33). The molecule has 0 aliphatic rings. The van der Waals surface area contributed by atoms with E-state index in [0.29, 0.717) is 22.0 Å². The van der Waals surface area contributed by atoms with Crippen LogP contribution in [0.3, 0.4) is 0 Å². The molecule has 3 rings (SSSR count). The van der Waals surface area contributed by atoms with Crippen molar-refractivity contribution in [1.29, 1.82) is 0 Å². The Morgan fingerprint density at radius 3 is 1.89 bits per heavy atom. The molecule has 2 amide bonds. The first kappa shape index (κ1) is 27.7. The van der Waals surface area contributed by atoms with Crippen LogP contribution in [-0.2, 0) is 18.5 Å². The van der Waals surface area contributed by atoms with Gasteiger partial charge in [0.1, 0.15) is 0 Å². The summed E-state index contributed by atoms with van der Waals surface area (Å²) in [4.78, 5) is 25.5. The zero-order valence-electron chi connectivity index (χ0n) is 18.7. The van der Waals surface area contributed by atoms with Gasteiger partial charge in [-0.3, -0.25) is 9.59 Å². The summed E-state index contributed by atoms with van der Waals surface area (Å²) >= 11 is 2.28. The Labute approximate surface area is 209 Å². The molecule has 2 N–H and O–H groups in total. The third-order valence-electron chi connectivity index (χ3n) is 5.32. The average molecular weight is 553 g/mol. The molecule has 1 aromatic carbocycles. The highest BCUT2D eigenvalue weighted by atomic mass is 32.1. The van der Waals surface area contributed by atoms with Gasteiger partial charge < -0.3 is 10.6 Å². The molecule has 4 nitrogen and oxygen atoms in total. The van der Waals surface area contributed by atoms with E-state index < -0.39 is 29.5 Å². The van der Waals surface area contributed by atoms with Crippen LogP contribution >= 0.6 is 22.7 Å². The first-order chi connectivity index (χ1) is 16.7. The zero-order valence-corrected chi connectivity index (χ0v) is 20.4. The van der Waals surface area contributed by atoms with E-state index in [1.807, 2.05) is 0 Å². The molecule has 0 aliphatic carbocycles. The molecule has 2 aromatic heterocycles. The van der Waals surface area contributed by atoms with Crippen LogP contribution in [0, 0.1) is 0 Å². The van der Waals surface area contributed by atoms with E-state index in [-0.39, 0.29) is 41.1 Å². The highest BCUT2D eigenvalue weighted by Gasteiger charge is 2.73. The van der Waals surface area contributed by atoms with E-state index in [0.717, 1.165) is 11.3 Å². The van der Waals surface area contributed by atoms with Gasteiger partial charge in [0.15, 0.2) is 0 Å². The SMILES string of the molecule is CCc1cc(C(F)(C(F)(F)F)C(F)(F)F)cc(CC)c1NC(=O)c1csc(NC(=O)c2cccs2)c1. The molecule has 0 saturated carbocycles. The summed E-state index contributed by atoms with van der Waals surface area (Å²) in [6.45, 7) is 2.91. The lowest BCUT2D eigenvalue weighted by atomic mass is 9.88. The number of rotatable bonds is 7. The minimum atomic E-state index is -6.24. The van der Waals surface area contributed by atoms with Gasteiger partial charge in [0, 0.05) is 16.6 Å². The van der Waals surface area contributed by atoms with Crippen LogP contribution in [0.25, 0.3) is 0 Å². The molecule has 0 aliphatic heterocycles. The largest absolute Gasteiger partial charge is 0.435 e. The second kappa shape index (κ2) is 10.2. The minimum absolute atomic E-state index is 0.0100. The fraction of sp³-hybridized carbons (Fsp3) is 0.304. The summed E-state index contributed by atoms with van der Waals surface area (Å²) in [6.07, 6.45) is -12.6. The maximum Gasteiger partial charge on any atom is 0.435 e. The van der Waals surface area contributed by atoms with E-state index in [2.05, 4.69) is 10.6 Å². The third-order valence-corrected chi connectivity index (χ3v) is 7.04. The van der Waals surface area contributed by atoms with Crippen molar-refractivity contribution in [2.24, 2.45) is 0 Å². The molecular formula is C23H19F7N2O2S2. The molecule has 0 atom stereocenters. The second-order valence-corrected chi connectivity index (χ2v) is 9.47. The van der Waals surface area contributed by atoms with Crippen molar-refractivity contribution in [2.45, 2.75) is 44.7 Å². The van der Waals surface area contributed by atoms with E-state index in [9.17, 15) is 40.3 Å². The summed E-state index contributed by atoms with van der Waals surface area (Å²) in [7, 11) is 0. The number of hydrogen-bond donors (Lipinski definition) is 2. The Kier molecular flexibility index (Phi) is 7.84. The average Bonchev–Trinajstić information content (AvgIpc) is 3.49. The summed E-state index contributed by atoms with van der Waals surface area (Å²) in [5, 5.41) is 8.67. The maximum atomic E-state index is 14.7. The van der Waals surface area contributed by atoms with Crippen molar-refractivity contribution in [3.05, 3.63) is 68.2 Å². The third kappa shape index (κ3) is 5.26. The van der Waals surface area contributed by atoms with Crippen molar-refractivity contribution in [3.63, 3.8) is 0 Å². The highest BCUT2D eigenvalue weighted by Crippen LogP contribution is 2.54. The number of aryl methyl sites for hydroxylation is 2. The van der Waals surface area contributed by atoms with Crippen LogP contribution in [0.1, 0.15) is 50.6 Å². The minimum Gasteiger partial charge on any atom is -0.321 e. The van der Waals surface area contributed by atoms with Crippen LogP contribution in [0.2, 0.25) is 0 Å². The van der Waals surface area contributed by atoms with Gasteiger partial charge in [-0.25, -0.2) is 4.39 Å². The van der Waals surface area contributed by atoms with Crippen molar-refractivity contribution >= 4 is 45.2 Å². The van der Waals surface area contributed by atoms with E-state index in [1.54, 1.807) is 17.5 Å². The predicted octanol–water partition coefficient (Wildman–Crippen LogP) is 7.73. The van der Waals surface area contributed by atoms with E-state index in [1.165, 1.54) is 36.6 Å². The lowest BCUT2D eigenvalue weighted by molar-refractivity contribution is -0.348. The fourth-order valence-corrected chi connectivity index (χ4v) is 4.86. The van der Waals surface area contributed by atoms with Crippen molar-refractivity contribution < 1.29 is 40.3 Å². The molecule has 13 heteroatoms. The van der Waals surface area contributed by atoms with Crippen LogP contribution in [0.5, 0.6) is 0 Å². The first-order valence-corrected chi connectivity index (χ1v) is 12.2. The Morgan fingerprint density at radius 1 is 0.833 bits per heavy atom. The summed E-state index contributed by atoms with van der Waals surface area (Å²) in [5.74, 6) is -1.07. The molecule has 36 heavy (non-hydrogen) atoms. The molecule has 0 fully saturated rings. The number of nitrogens with one attached hydrogen (secondary N) is 2. The first-order valence-electron chi connectivity index (χ1n) is 10.5. The van der Waals surface area contributed by atoms with Gasteiger partial charge in [0.05, 0.1) is 15.4 Å². The van der Waals surface area contributed by atoms with Gasteiger partial charge in [-0.15, -0.1) is 22.7 Å². The molecule has 3 aromatic rings. The Balaban J connectivity index is 1.92. The molecule has 0 spiro atoms. The van der Waals surface area contributed by atoms with Crippen LogP contribution in [-0.4, -0.2) is 24.2 Å². The maximum absolute atomic E-state index is 14.7. The molecule has 0 radical (unpaired) electrons. The Bertz CT molecular complexity index is 1210. The quantitative estimate of drug-likeness (QED) is 0.295. The number of carbonyl (C=O) groups is 2. The number of amides is 2.